The molecule has 0 fully saturated rings. The monoisotopic (exact) mass is 351 g/mol. The molecule has 0 saturated carbocycles. The standard InChI is InChI=1S/C18H17N5O3/c1-19-18(25)16-10-22(14-8-4-5-9-15(14)26-16)17(24)11-23-13-7-3-2-6-12(13)20-21-23/h2-9,16H,10-11H2,1H3,(H,19,25). The van der Waals surface area contributed by atoms with Crippen molar-refractivity contribution in [3.05, 3.63) is 48.5 Å². The van der Waals surface area contributed by atoms with Gasteiger partial charge in [0.05, 0.1) is 17.7 Å². The van der Waals surface area contributed by atoms with Crippen molar-refractivity contribution in [3.63, 3.8) is 0 Å². The second-order valence-corrected chi connectivity index (χ2v) is 5.93. The molecule has 0 spiro atoms. The average molecular weight is 351 g/mol. The number of hydrogen-bond acceptors (Lipinski definition) is 5. The Labute approximate surface area is 149 Å². The van der Waals surface area contributed by atoms with Crippen LogP contribution in [0, 0.1) is 0 Å². The lowest BCUT2D eigenvalue weighted by Crippen LogP contribution is -2.50. The average Bonchev–Trinajstić information content (AvgIpc) is 3.09. The molecule has 0 saturated heterocycles. The van der Waals surface area contributed by atoms with Crippen LogP contribution in [0.25, 0.3) is 11.0 Å². The summed E-state index contributed by atoms with van der Waals surface area (Å²) in [4.78, 5) is 26.6. The summed E-state index contributed by atoms with van der Waals surface area (Å²) in [5.74, 6) is 0.0398. The lowest BCUT2D eigenvalue weighted by molar-refractivity contribution is -0.128. The third-order valence-electron chi connectivity index (χ3n) is 4.32. The number of carbonyl (C=O) groups excluding carboxylic acids is 2. The molecule has 0 aliphatic carbocycles. The number of fused-ring (bicyclic) bond motifs is 2. The molecular weight excluding hydrogens is 334 g/mol. The molecule has 26 heavy (non-hydrogen) atoms. The molecule has 1 unspecified atom stereocenters. The SMILES string of the molecule is CNC(=O)C1CN(C(=O)Cn2nnc3ccccc32)c2ccccc2O1. The van der Waals surface area contributed by atoms with Crippen molar-refractivity contribution in [1.29, 1.82) is 0 Å². The minimum absolute atomic E-state index is 0.0231. The van der Waals surface area contributed by atoms with Crippen LogP contribution in [0.3, 0.4) is 0 Å². The van der Waals surface area contributed by atoms with Crippen molar-refractivity contribution in [2.75, 3.05) is 18.5 Å². The quantitative estimate of drug-likeness (QED) is 0.760. The highest BCUT2D eigenvalue weighted by Crippen LogP contribution is 2.33. The summed E-state index contributed by atoms with van der Waals surface area (Å²) in [6, 6.07) is 14.6. The minimum Gasteiger partial charge on any atom is -0.477 e. The van der Waals surface area contributed by atoms with Crippen LogP contribution in [-0.4, -0.2) is 46.5 Å². The molecule has 8 heteroatoms. The van der Waals surface area contributed by atoms with Gasteiger partial charge >= 0.3 is 0 Å². The van der Waals surface area contributed by atoms with Crippen molar-refractivity contribution >= 4 is 28.5 Å². The minimum atomic E-state index is -0.758. The molecule has 0 radical (unpaired) electrons. The number of nitrogens with zero attached hydrogens (tertiary/aromatic N) is 4. The lowest BCUT2D eigenvalue weighted by Gasteiger charge is -2.34. The van der Waals surface area contributed by atoms with Gasteiger partial charge in [-0.3, -0.25) is 9.59 Å². The van der Waals surface area contributed by atoms with Crippen LogP contribution in [-0.2, 0) is 16.1 Å². The fraction of sp³-hybridized carbons (Fsp3) is 0.222. The summed E-state index contributed by atoms with van der Waals surface area (Å²) in [5.41, 5.74) is 2.15. The van der Waals surface area contributed by atoms with Gasteiger partial charge in [-0.25, -0.2) is 4.68 Å². The highest BCUT2D eigenvalue weighted by atomic mass is 16.5. The van der Waals surface area contributed by atoms with E-state index in [9.17, 15) is 9.59 Å². The molecule has 2 heterocycles. The van der Waals surface area contributed by atoms with Gasteiger partial charge in [0.25, 0.3) is 5.91 Å². The fourth-order valence-electron chi connectivity index (χ4n) is 3.02. The third-order valence-corrected chi connectivity index (χ3v) is 4.32. The fourth-order valence-corrected chi connectivity index (χ4v) is 3.02. The Bertz CT molecular complexity index is 984. The normalized spacial score (nSPS) is 16.0. The molecule has 4 rings (SSSR count). The van der Waals surface area contributed by atoms with Gasteiger partial charge in [-0.05, 0) is 24.3 Å². The first kappa shape index (κ1) is 16.1. The number of rotatable bonds is 3. The number of benzene rings is 2. The maximum atomic E-state index is 13.0. The van der Waals surface area contributed by atoms with E-state index in [0.29, 0.717) is 11.4 Å². The first-order chi connectivity index (χ1) is 12.7. The molecule has 1 N–H and O–H groups in total. The number of ether oxygens (including phenoxy) is 1. The third kappa shape index (κ3) is 2.75. The van der Waals surface area contributed by atoms with Gasteiger partial charge in [0, 0.05) is 7.05 Å². The van der Waals surface area contributed by atoms with E-state index in [4.69, 9.17) is 4.74 Å². The summed E-state index contributed by atoms with van der Waals surface area (Å²) < 4.78 is 7.29. The number of nitrogens with one attached hydrogen (secondary N) is 1. The number of carbonyl (C=O) groups is 2. The maximum Gasteiger partial charge on any atom is 0.262 e. The first-order valence-corrected chi connectivity index (χ1v) is 8.23. The molecule has 2 aromatic carbocycles. The summed E-state index contributed by atoms with van der Waals surface area (Å²) in [6.07, 6.45) is -0.758. The molecule has 132 valence electrons. The molecule has 2 amide bonds. The van der Waals surface area contributed by atoms with E-state index in [1.54, 1.807) is 34.8 Å². The summed E-state index contributed by atoms with van der Waals surface area (Å²) in [5, 5.41) is 10.7. The highest BCUT2D eigenvalue weighted by Gasteiger charge is 2.33. The maximum absolute atomic E-state index is 13.0. The van der Waals surface area contributed by atoms with E-state index in [-0.39, 0.29) is 24.9 Å². The Morgan fingerprint density at radius 2 is 1.96 bits per heavy atom. The number of para-hydroxylation sites is 3. The van der Waals surface area contributed by atoms with Crippen LogP contribution in [0.5, 0.6) is 5.75 Å². The predicted octanol–water partition coefficient (Wildman–Crippen LogP) is 0.971. The second kappa shape index (κ2) is 6.47. The molecule has 0 bridgehead atoms. The number of aromatic nitrogens is 3. The van der Waals surface area contributed by atoms with E-state index in [2.05, 4.69) is 15.6 Å². The van der Waals surface area contributed by atoms with Crippen LogP contribution < -0.4 is 15.0 Å². The zero-order valence-electron chi connectivity index (χ0n) is 14.1. The van der Waals surface area contributed by atoms with Crippen molar-refractivity contribution in [1.82, 2.24) is 20.3 Å². The van der Waals surface area contributed by atoms with Crippen LogP contribution in [0.15, 0.2) is 48.5 Å². The summed E-state index contributed by atoms with van der Waals surface area (Å²) in [7, 11) is 1.54. The van der Waals surface area contributed by atoms with E-state index in [1.165, 1.54) is 0 Å². The van der Waals surface area contributed by atoms with E-state index >= 15 is 0 Å². The van der Waals surface area contributed by atoms with E-state index < -0.39 is 6.10 Å². The number of likely N-dealkylation sites (N-methyl/N-ethyl adjacent to an activating group) is 1. The van der Waals surface area contributed by atoms with Crippen molar-refractivity contribution in [2.24, 2.45) is 0 Å². The molecular formula is C18H17N5O3. The van der Waals surface area contributed by atoms with Crippen LogP contribution in [0.4, 0.5) is 5.69 Å². The molecule has 1 aliphatic heterocycles. The van der Waals surface area contributed by atoms with Gasteiger partial charge < -0.3 is 15.0 Å². The zero-order valence-corrected chi connectivity index (χ0v) is 14.1. The molecule has 1 aliphatic rings. The van der Waals surface area contributed by atoms with E-state index in [0.717, 1.165) is 11.0 Å². The largest absolute Gasteiger partial charge is 0.477 e. The van der Waals surface area contributed by atoms with Crippen molar-refractivity contribution in [3.8, 4) is 5.75 Å². The van der Waals surface area contributed by atoms with E-state index in [1.807, 2.05) is 30.3 Å². The molecule has 1 atom stereocenters. The molecule has 8 nitrogen and oxygen atoms in total. The van der Waals surface area contributed by atoms with Gasteiger partial charge in [0.15, 0.2) is 6.10 Å². The van der Waals surface area contributed by atoms with Crippen LogP contribution in [0.2, 0.25) is 0 Å². The lowest BCUT2D eigenvalue weighted by atomic mass is 10.1. The molecule has 3 aromatic rings. The predicted molar refractivity (Wildman–Crippen MR) is 94.8 cm³/mol. The summed E-state index contributed by atoms with van der Waals surface area (Å²) >= 11 is 0. The van der Waals surface area contributed by atoms with Gasteiger partial charge in [-0.2, -0.15) is 0 Å². The Balaban J connectivity index is 1.64. The Kier molecular flexibility index (Phi) is 4.00. The Morgan fingerprint density at radius 3 is 2.81 bits per heavy atom. The Morgan fingerprint density at radius 1 is 1.19 bits per heavy atom. The highest BCUT2D eigenvalue weighted by molar-refractivity contribution is 5.97. The Hall–Kier alpha value is -3.42. The van der Waals surface area contributed by atoms with Crippen molar-refractivity contribution in [2.45, 2.75) is 12.6 Å². The molecule has 1 aromatic heterocycles. The number of amides is 2. The zero-order chi connectivity index (χ0) is 18.1. The van der Waals surface area contributed by atoms with Gasteiger partial charge in [0.1, 0.15) is 17.8 Å². The van der Waals surface area contributed by atoms with Crippen LogP contribution in [0.1, 0.15) is 0 Å². The van der Waals surface area contributed by atoms with Gasteiger partial charge in [-0.15, -0.1) is 5.10 Å². The van der Waals surface area contributed by atoms with Gasteiger partial charge in [0.2, 0.25) is 5.91 Å². The summed E-state index contributed by atoms with van der Waals surface area (Å²) in [6.45, 7) is 0.164. The first-order valence-electron chi connectivity index (χ1n) is 8.23. The van der Waals surface area contributed by atoms with Crippen molar-refractivity contribution < 1.29 is 14.3 Å². The second-order valence-electron chi connectivity index (χ2n) is 5.93. The van der Waals surface area contributed by atoms with Gasteiger partial charge in [-0.1, -0.05) is 29.5 Å². The number of anilines is 1. The van der Waals surface area contributed by atoms with Crippen LogP contribution >= 0.6 is 0 Å². The topological polar surface area (TPSA) is 89.4 Å². The smallest absolute Gasteiger partial charge is 0.262 e. The number of hydrogen-bond donors (Lipinski definition) is 1.